The molecule has 0 aliphatic heterocycles. The van der Waals surface area contributed by atoms with Gasteiger partial charge in [0, 0.05) is 22.8 Å². The van der Waals surface area contributed by atoms with Gasteiger partial charge in [-0.3, -0.25) is 25.0 Å². The first-order chi connectivity index (χ1) is 15.4. The Balaban J connectivity index is 1.70. The van der Waals surface area contributed by atoms with E-state index in [1.165, 1.54) is 12.1 Å². The molecule has 3 aromatic carbocycles. The Morgan fingerprint density at radius 3 is 2.25 bits per heavy atom. The molecule has 1 N–H and O–H groups in total. The van der Waals surface area contributed by atoms with Gasteiger partial charge in [-0.1, -0.05) is 83.6 Å². The Labute approximate surface area is 191 Å². The molecule has 0 saturated heterocycles. The van der Waals surface area contributed by atoms with Crippen LogP contribution in [0.3, 0.4) is 0 Å². The van der Waals surface area contributed by atoms with Gasteiger partial charge in [0.05, 0.1) is 10.6 Å². The maximum absolute atomic E-state index is 13.1. The molecule has 0 radical (unpaired) electrons. The first kappa shape index (κ1) is 21.4. The molecule has 0 saturated carbocycles. The number of nitrogens with one attached hydrogen (secondary N) is 1. The van der Waals surface area contributed by atoms with Crippen molar-refractivity contribution in [2.45, 2.75) is 0 Å². The number of carbonyl (C=O) groups excluding carboxylic acids is 2. The Morgan fingerprint density at radius 1 is 0.938 bits per heavy atom. The van der Waals surface area contributed by atoms with Crippen molar-refractivity contribution in [1.29, 1.82) is 0 Å². The molecule has 32 heavy (non-hydrogen) atoms. The normalized spacial score (nSPS) is 10.5. The number of nitro groups is 1. The third-order valence-electron chi connectivity index (χ3n) is 4.54. The Morgan fingerprint density at radius 2 is 1.59 bits per heavy atom. The standard InChI is InChI=1S/C23H14ClN3O4S/c24-17-12-11-16(13-18(17)27(30)31)22(29)26-23-25-19(14-7-3-1-4-8-14)21(32-23)20(28)15-9-5-2-6-10-15/h1-13H,(H,25,26,29). The smallest absolute Gasteiger partial charge is 0.288 e. The average molecular weight is 464 g/mol. The van der Waals surface area contributed by atoms with Gasteiger partial charge in [-0.25, -0.2) is 4.98 Å². The van der Waals surface area contributed by atoms with Crippen molar-refractivity contribution in [3.05, 3.63) is 110 Å². The lowest BCUT2D eigenvalue weighted by molar-refractivity contribution is -0.384. The van der Waals surface area contributed by atoms with Gasteiger partial charge in [-0.15, -0.1) is 0 Å². The van der Waals surface area contributed by atoms with Gasteiger partial charge >= 0.3 is 0 Å². The largest absolute Gasteiger partial charge is 0.298 e. The number of hydrogen-bond acceptors (Lipinski definition) is 6. The number of carbonyl (C=O) groups is 2. The van der Waals surface area contributed by atoms with Crippen LogP contribution in [-0.2, 0) is 0 Å². The molecule has 0 aliphatic rings. The maximum Gasteiger partial charge on any atom is 0.288 e. The second-order valence-corrected chi connectivity index (χ2v) is 8.04. The van der Waals surface area contributed by atoms with Crippen LogP contribution in [0.25, 0.3) is 11.3 Å². The highest BCUT2D eigenvalue weighted by Gasteiger charge is 2.23. The van der Waals surface area contributed by atoms with E-state index in [0.29, 0.717) is 16.1 Å². The predicted octanol–water partition coefficient (Wildman–Crippen LogP) is 5.86. The molecule has 0 bridgehead atoms. The van der Waals surface area contributed by atoms with Gasteiger partial charge in [0.25, 0.3) is 11.6 Å². The number of amides is 1. The van der Waals surface area contributed by atoms with E-state index < -0.39 is 10.8 Å². The fourth-order valence-corrected chi connectivity index (χ4v) is 4.13. The number of hydrogen-bond donors (Lipinski definition) is 1. The van der Waals surface area contributed by atoms with E-state index in [0.717, 1.165) is 23.0 Å². The molecule has 4 rings (SSSR count). The minimum Gasteiger partial charge on any atom is -0.298 e. The minimum atomic E-state index is -0.660. The zero-order valence-electron chi connectivity index (χ0n) is 16.3. The number of benzene rings is 3. The van der Waals surface area contributed by atoms with Crippen molar-refractivity contribution in [3.8, 4) is 11.3 Å². The van der Waals surface area contributed by atoms with E-state index >= 15 is 0 Å². The lowest BCUT2D eigenvalue weighted by Crippen LogP contribution is -2.12. The lowest BCUT2D eigenvalue weighted by atomic mass is 10.1. The first-order valence-corrected chi connectivity index (χ1v) is 10.5. The summed E-state index contributed by atoms with van der Waals surface area (Å²) in [5.74, 6) is -0.818. The molecule has 158 valence electrons. The molecule has 9 heteroatoms. The molecular weight excluding hydrogens is 450 g/mol. The highest BCUT2D eigenvalue weighted by Crippen LogP contribution is 2.33. The molecule has 0 spiro atoms. The van der Waals surface area contributed by atoms with E-state index in [9.17, 15) is 19.7 Å². The third-order valence-corrected chi connectivity index (χ3v) is 5.83. The second kappa shape index (κ2) is 9.09. The Kier molecular flexibility index (Phi) is 6.07. The number of anilines is 1. The van der Waals surface area contributed by atoms with Gasteiger partial charge in [0.1, 0.15) is 9.90 Å². The number of aromatic nitrogens is 1. The highest BCUT2D eigenvalue weighted by molar-refractivity contribution is 7.18. The summed E-state index contributed by atoms with van der Waals surface area (Å²) < 4.78 is 0. The zero-order valence-corrected chi connectivity index (χ0v) is 17.9. The monoisotopic (exact) mass is 463 g/mol. The highest BCUT2D eigenvalue weighted by atomic mass is 35.5. The molecule has 1 heterocycles. The van der Waals surface area contributed by atoms with Crippen LogP contribution in [-0.4, -0.2) is 21.6 Å². The second-order valence-electron chi connectivity index (χ2n) is 6.64. The number of nitrogens with zero attached hydrogens (tertiary/aromatic N) is 2. The summed E-state index contributed by atoms with van der Waals surface area (Å²) in [5, 5.41) is 13.9. The Bertz CT molecular complexity index is 1320. The van der Waals surface area contributed by atoms with Crippen molar-refractivity contribution >= 4 is 45.4 Å². The van der Waals surface area contributed by atoms with Crippen LogP contribution in [0.4, 0.5) is 10.8 Å². The van der Waals surface area contributed by atoms with E-state index in [1.54, 1.807) is 24.3 Å². The fraction of sp³-hybridized carbons (Fsp3) is 0. The van der Waals surface area contributed by atoms with Crippen LogP contribution in [0, 0.1) is 10.1 Å². The summed E-state index contributed by atoms with van der Waals surface area (Å²) in [7, 11) is 0. The molecule has 7 nitrogen and oxygen atoms in total. The summed E-state index contributed by atoms with van der Waals surface area (Å²) in [6.07, 6.45) is 0. The molecular formula is C23H14ClN3O4S. The zero-order chi connectivity index (χ0) is 22.7. The minimum absolute atomic E-state index is 0.0495. The number of thiazole rings is 1. The molecule has 0 aliphatic carbocycles. The number of rotatable bonds is 6. The van der Waals surface area contributed by atoms with Crippen LogP contribution in [0.5, 0.6) is 0 Å². The fourth-order valence-electron chi connectivity index (χ4n) is 3.00. The van der Waals surface area contributed by atoms with Crippen LogP contribution >= 0.6 is 22.9 Å². The SMILES string of the molecule is O=C(Nc1nc(-c2ccccc2)c(C(=O)c2ccccc2)s1)c1ccc(Cl)c([N+](=O)[O-])c1. The summed E-state index contributed by atoms with van der Waals surface area (Å²) >= 11 is 6.86. The van der Waals surface area contributed by atoms with E-state index in [2.05, 4.69) is 10.3 Å². The molecule has 0 fully saturated rings. The molecule has 4 aromatic rings. The topological polar surface area (TPSA) is 102 Å². The van der Waals surface area contributed by atoms with Gasteiger partial charge in [-0.05, 0) is 12.1 Å². The van der Waals surface area contributed by atoms with E-state index in [4.69, 9.17) is 11.6 Å². The van der Waals surface area contributed by atoms with Crippen molar-refractivity contribution in [2.24, 2.45) is 0 Å². The number of ketones is 1. The van der Waals surface area contributed by atoms with Gasteiger partial charge < -0.3 is 0 Å². The van der Waals surface area contributed by atoms with Crippen LogP contribution in [0.1, 0.15) is 25.6 Å². The summed E-state index contributed by atoms with van der Waals surface area (Å²) in [5.41, 5.74) is 1.35. The molecule has 0 unspecified atom stereocenters. The van der Waals surface area contributed by atoms with Gasteiger partial charge in [0.15, 0.2) is 5.13 Å². The lowest BCUT2D eigenvalue weighted by Gasteiger charge is -2.02. The summed E-state index contributed by atoms with van der Waals surface area (Å²) in [4.78, 5) is 41.1. The van der Waals surface area contributed by atoms with E-state index in [1.807, 2.05) is 36.4 Å². The van der Waals surface area contributed by atoms with Gasteiger partial charge in [-0.2, -0.15) is 0 Å². The van der Waals surface area contributed by atoms with Crippen molar-refractivity contribution in [2.75, 3.05) is 5.32 Å². The number of nitro benzene ring substituents is 1. The Hall–Kier alpha value is -3.88. The predicted molar refractivity (Wildman–Crippen MR) is 123 cm³/mol. The van der Waals surface area contributed by atoms with Crippen molar-refractivity contribution in [3.63, 3.8) is 0 Å². The van der Waals surface area contributed by atoms with Gasteiger partial charge in [0.2, 0.25) is 5.78 Å². The van der Waals surface area contributed by atoms with Crippen LogP contribution < -0.4 is 5.32 Å². The summed E-state index contributed by atoms with van der Waals surface area (Å²) in [6, 6.07) is 21.7. The van der Waals surface area contributed by atoms with E-state index in [-0.39, 0.29) is 27.2 Å². The number of halogens is 1. The molecule has 0 atom stereocenters. The van der Waals surface area contributed by atoms with Crippen molar-refractivity contribution in [1.82, 2.24) is 4.98 Å². The van der Waals surface area contributed by atoms with Crippen LogP contribution in [0.15, 0.2) is 78.9 Å². The first-order valence-electron chi connectivity index (χ1n) is 9.35. The molecule has 1 aromatic heterocycles. The van der Waals surface area contributed by atoms with Crippen LogP contribution in [0.2, 0.25) is 5.02 Å². The quantitative estimate of drug-likeness (QED) is 0.219. The van der Waals surface area contributed by atoms with Crippen molar-refractivity contribution < 1.29 is 14.5 Å². The summed E-state index contributed by atoms with van der Waals surface area (Å²) in [6.45, 7) is 0. The third kappa shape index (κ3) is 4.41. The molecule has 1 amide bonds. The maximum atomic E-state index is 13.1. The average Bonchev–Trinajstić information content (AvgIpc) is 3.23.